The zero-order valence-corrected chi connectivity index (χ0v) is 16.6. The molecule has 0 aliphatic rings. The number of benzene rings is 2. The highest BCUT2D eigenvalue weighted by atomic mass is 35.5. The molecule has 6 heteroatoms. The van der Waals surface area contributed by atoms with E-state index < -0.39 is 0 Å². The third-order valence-corrected chi connectivity index (χ3v) is 5.26. The van der Waals surface area contributed by atoms with Crippen molar-refractivity contribution in [2.75, 3.05) is 7.11 Å². The molecule has 0 aliphatic heterocycles. The van der Waals surface area contributed by atoms with Gasteiger partial charge < -0.3 is 14.8 Å². The number of halogens is 1. The zero-order valence-electron chi connectivity index (χ0n) is 15.1. The summed E-state index contributed by atoms with van der Waals surface area (Å²) >= 11 is 7.35. The lowest BCUT2D eigenvalue weighted by atomic mass is 10.1. The van der Waals surface area contributed by atoms with Crippen molar-refractivity contribution < 1.29 is 14.3 Å². The molecule has 3 aromatic rings. The van der Waals surface area contributed by atoms with Crippen molar-refractivity contribution in [3.05, 3.63) is 81.0 Å². The van der Waals surface area contributed by atoms with Crippen molar-refractivity contribution >= 4 is 28.8 Å². The molecule has 4 nitrogen and oxygen atoms in total. The Morgan fingerprint density at radius 2 is 1.93 bits per heavy atom. The van der Waals surface area contributed by atoms with Gasteiger partial charge in [0.25, 0.3) is 5.91 Å². The van der Waals surface area contributed by atoms with Gasteiger partial charge in [0.2, 0.25) is 0 Å². The second kappa shape index (κ2) is 8.93. The smallest absolute Gasteiger partial charge is 0.261 e. The van der Waals surface area contributed by atoms with E-state index in [9.17, 15) is 4.79 Å². The van der Waals surface area contributed by atoms with Crippen molar-refractivity contribution in [3.8, 4) is 11.5 Å². The Morgan fingerprint density at radius 1 is 1.15 bits per heavy atom. The van der Waals surface area contributed by atoms with Crippen LogP contribution in [0.4, 0.5) is 0 Å². The number of nitrogens with one attached hydrogen (secondary N) is 1. The minimum absolute atomic E-state index is 0.0997. The Labute approximate surface area is 167 Å². The SMILES string of the molecule is COc1ccc(C(C)NC(=O)c2cc(COc3cccc(Cl)c3)cs2)cc1. The lowest BCUT2D eigenvalue weighted by Crippen LogP contribution is -2.25. The quantitative estimate of drug-likeness (QED) is 0.570. The first kappa shape index (κ1) is 19.3. The first-order valence-electron chi connectivity index (χ1n) is 8.46. The maximum absolute atomic E-state index is 12.5. The number of carbonyl (C=O) groups is 1. The molecule has 3 rings (SSSR count). The molecule has 1 atom stereocenters. The van der Waals surface area contributed by atoms with Crippen molar-refractivity contribution in [3.63, 3.8) is 0 Å². The molecule has 0 saturated carbocycles. The van der Waals surface area contributed by atoms with E-state index in [1.807, 2.05) is 54.8 Å². The molecule has 1 N–H and O–H groups in total. The van der Waals surface area contributed by atoms with Crippen LogP contribution in [0.3, 0.4) is 0 Å². The molecule has 140 valence electrons. The molecule has 0 fully saturated rings. The zero-order chi connectivity index (χ0) is 19.2. The van der Waals surface area contributed by atoms with Gasteiger partial charge in [-0.05, 0) is 54.3 Å². The molecular weight excluding hydrogens is 382 g/mol. The molecule has 2 aromatic carbocycles. The number of rotatable bonds is 7. The van der Waals surface area contributed by atoms with E-state index in [2.05, 4.69) is 5.32 Å². The second-order valence-electron chi connectivity index (χ2n) is 6.03. The van der Waals surface area contributed by atoms with E-state index in [-0.39, 0.29) is 11.9 Å². The number of ether oxygens (including phenoxy) is 2. The predicted octanol–water partition coefficient (Wildman–Crippen LogP) is 5.48. The third-order valence-electron chi connectivity index (χ3n) is 4.04. The van der Waals surface area contributed by atoms with Crippen LogP contribution in [-0.4, -0.2) is 13.0 Å². The second-order valence-corrected chi connectivity index (χ2v) is 7.38. The van der Waals surface area contributed by atoms with Gasteiger partial charge in [0.15, 0.2) is 0 Å². The molecule has 1 heterocycles. The van der Waals surface area contributed by atoms with Crippen LogP contribution in [0.25, 0.3) is 0 Å². The molecule has 27 heavy (non-hydrogen) atoms. The summed E-state index contributed by atoms with van der Waals surface area (Å²) < 4.78 is 10.9. The van der Waals surface area contributed by atoms with Gasteiger partial charge in [-0.25, -0.2) is 0 Å². The molecular formula is C21H20ClNO3S. The average Bonchev–Trinajstić information content (AvgIpc) is 3.16. The molecule has 1 amide bonds. The van der Waals surface area contributed by atoms with Crippen LogP contribution in [0.15, 0.2) is 60.0 Å². The number of carbonyl (C=O) groups excluding carboxylic acids is 1. The summed E-state index contributed by atoms with van der Waals surface area (Å²) in [5, 5.41) is 5.58. The maximum Gasteiger partial charge on any atom is 0.261 e. The van der Waals surface area contributed by atoms with Crippen LogP contribution < -0.4 is 14.8 Å². The number of hydrogen-bond acceptors (Lipinski definition) is 4. The molecule has 0 radical (unpaired) electrons. The summed E-state index contributed by atoms with van der Waals surface area (Å²) in [6.07, 6.45) is 0. The van der Waals surface area contributed by atoms with Gasteiger partial charge in [0.05, 0.1) is 18.0 Å². The van der Waals surface area contributed by atoms with Gasteiger partial charge >= 0.3 is 0 Å². The van der Waals surface area contributed by atoms with Crippen molar-refractivity contribution in [1.82, 2.24) is 5.32 Å². The highest BCUT2D eigenvalue weighted by Crippen LogP contribution is 2.22. The summed E-state index contributed by atoms with van der Waals surface area (Å²) in [5.74, 6) is 1.39. The Kier molecular flexibility index (Phi) is 6.37. The summed E-state index contributed by atoms with van der Waals surface area (Å²) in [6, 6.07) is 16.7. The Hall–Kier alpha value is -2.50. The molecule has 0 aliphatic carbocycles. The first-order chi connectivity index (χ1) is 13.0. The molecule has 0 bridgehead atoms. The molecule has 1 aromatic heterocycles. The average molecular weight is 402 g/mol. The van der Waals surface area contributed by atoms with E-state index in [1.54, 1.807) is 19.2 Å². The Bertz CT molecular complexity index is 908. The minimum atomic E-state index is -0.100. The van der Waals surface area contributed by atoms with Crippen LogP contribution in [0.2, 0.25) is 5.02 Å². The van der Waals surface area contributed by atoms with Gasteiger partial charge in [-0.1, -0.05) is 29.8 Å². The predicted molar refractivity (Wildman–Crippen MR) is 109 cm³/mol. The Balaban J connectivity index is 1.57. The van der Waals surface area contributed by atoms with Gasteiger partial charge in [0.1, 0.15) is 18.1 Å². The fourth-order valence-electron chi connectivity index (χ4n) is 2.54. The largest absolute Gasteiger partial charge is 0.497 e. The first-order valence-corrected chi connectivity index (χ1v) is 9.71. The third kappa shape index (κ3) is 5.25. The summed E-state index contributed by atoms with van der Waals surface area (Å²) in [5.41, 5.74) is 1.97. The standard InChI is InChI=1S/C21H20ClNO3S/c1-14(16-6-8-18(25-2)9-7-16)23-21(24)20-10-15(13-27-20)12-26-19-5-3-4-17(22)11-19/h3-11,13-14H,12H2,1-2H3,(H,23,24). The van der Waals surface area contributed by atoms with E-state index in [4.69, 9.17) is 21.1 Å². The van der Waals surface area contributed by atoms with E-state index in [1.165, 1.54) is 11.3 Å². The van der Waals surface area contributed by atoms with Gasteiger partial charge in [0, 0.05) is 10.6 Å². The molecule has 1 unspecified atom stereocenters. The van der Waals surface area contributed by atoms with Crippen LogP contribution in [0.5, 0.6) is 11.5 Å². The fourth-order valence-corrected chi connectivity index (χ4v) is 3.52. The van der Waals surface area contributed by atoms with Gasteiger partial charge in [-0.15, -0.1) is 11.3 Å². The van der Waals surface area contributed by atoms with Crippen molar-refractivity contribution in [2.24, 2.45) is 0 Å². The molecule has 0 saturated heterocycles. The number of thiophene rings is 1. The van der Waals surface area contributed by atoms with Gasteiger partial charge in [-0.2, -0.15) is 0 Å². The summed E-state index contributed by atoms with van der Waals surface area (Å²) in [7, 11) is 1.63. The highest BCUT2D eigenvalue weighted by molar-refractivity contribution is 7.12. The maximum atomic E-state index is 12.5. The van der Waals surface area contributed by atoms with Gasteiger partial charge in [-0.3, -0.25) is 4.79 Å². The topological polar surface area (TPSA) is 47.6 Å². The van der Waals surface area contributed by atoms with Crippen LogP contribution in [0, 0.1) is 0 Å². The number of hydrogen-bond donors (Lipinski definition) is 1. The van der Waals surface area contributed by atoms with Crippen LogP contribution >= 0.6 is 22.9 Å². The lowest BCUT2D eigenvalue weighted by Gasteiger charge is -2.14. The van der Waals surface area contributed by atoms with E-state index >= 15 is 0 Å². The Morgan fingerprint density at radius 3 is 2.63 bits per heavy atom. The summed E-state index contributed by atoms with van der Waals surface area (Å²) in [6.45, 7) is 2.34. The van der Waals surface area contributed by atoms with Crippen LogP contribution in [-0.2, 0) is 6.61 Å². The number of methoxy groups -OCH3 is 1. The van der Waals surface area contributed by atoms with E-state index in [0.717, 1.165) is 16.9 Å². The van der Waals surface area contributed by atoms with Crippen molar-refractivity contribution in [2.45, 2.75) is 19.6 Å². The monoisotopic (exact) mass is 401 g/mol. The highest BCUT2D eigenvalue weighted by Gasteiger charge is 2.14. The van der Waals surface area contributed by atoms with Crippen LogP contribution in [0.1, 0.15) is 33.8 Å². The fraction of sp³-hybridized carbons (Fsp3) is 0.190. The normalized spacial score (nSPS) is 11.7. The number of amides is 1. The summed E-state index contributed by atoms with van der Waals surface area (Å²) in [4.78, 5) is 13.2. The molecule has 0 spiro atoms. The van der Waals surface area contributed by atoms with E-state index in [0.29, 0.717) is 22.3 Å². The minimum Gasteiger partial charge on any atom is -0.497 e. The lowest BCUT2D eigenvalue weighted by molar-refractivity contribution is 0.0944. The van der Waals surface area contributed by atoms with Crippen molar-refractivity contribution in [1.29, 1.82) is 0 Å².